The van der Waals surface area contributed by atoms with Gasteiger partial charge in [-0.3, -0.25) is 0 Å². The SMILES string of the molecule is Nc1cnn(-c2ncc(C(=O)O)cn2)c1. The lowest BCUT2D eigenvalue weighted by Gasteiger charge is -1.98. The van der Waals surface area contributed by atoms with Crippen LogP contribution < -0.4 is 5.73 Å². The highest BCUT2D eigenvalue weighted by molar-refractivity contribution is 5.86. The van der Waals surface area contributed by atoms with E-state index < -0.39 is 5.97 Å². The maximum absolute atomic E-state index is 10.5. The van der Waals surface area contributed by atoms with E-state index in [0.717, 1.165) is 0 Å². The second kappa shape index (κ2) is 3.37. The summed E-state index contributed by atoms with van der Waals surface area (Å²) in [5, 5.41) is 12.5. The van der Waals surface area contributed by atoms with Crippen LogP contribution in [0.25, 0.3) is 5.95 Å². The Hall–Kier alpha value is -2.44. The van der Waals surface area contributed by atoms with Crippen LogP contribution >= 0.6 is 0 Å². The molecule has 7 heteroatoms. The zero-order valence-corrected chi connectivity index (χ0v) is 7.53. The van der Waals surface area contributed by atoms with Gasteiger partial charge in [0.05, 0.1) is 23.6 Å². The molecule has 0 radical (unpaired) electrons. The molecule has 0 aliphatic rings. The molecule has 0 unspecified atom stereocenters. The first-order valence-electron chi connectivity index (χ1n) is 4.02. The summed E-state index contributed by atoms with van der Waals surface area (Å²) in [7, 11) is 0. The first-order chi connectivity index (χ1) is 7.16. The molecule has 0 aliphatic heterocycles. The molecular formula is C8H7N5O2. The predicted molar refractivity (Wildman–Crippen MR) is 50.5 cm³/mol. The van der Waals surface area contributed by atoms with Gasteiger partial charge in [0.15, 0.2) is 0 Å². The number of carbonyl (C=O) groups is 1. The third-order valence-electron chi connectivity index (χ3n) is 1.69. The van der Waals surface area contributed by atoms with Crippen LogP contribution in [0.5, 0.6) is 0 Å². The van der Waals surface area contributed by atoms with E-state index in [1.807, 2.05) is 0 Å². The Kier molecular flexibility index (Phi) is 2.05. The number of nitrogen functional groups attached to an aromatic ring is 1. The molecule has 0 atom stereocenters. The molecule has 0 saturated heterocycles. The van der Waals surface area contributed by atoms with E-state index in [-0.39, 0.29) is 11.5 Å². The van der Waals surface area contributed by atoms with Gasteiger partial charge in [-0.15, -0.1) is 0 Å². The quantitative estimate of drug-likeness (QED) is 0.711. The van der Waals surface area contributed by atoms with Crippen LogP contribution in [0.1, 0.15) is 10.4 Å². The Bertz CT molecular complexity index is 490. The summed E-state index contributed by atoms with van der Waals surface area (Å²) in [5.74, 6) is -0.793. The second-order valence-corrected chi connectivity index (χ2v) is 2.80. The number of aromatic carboxylic acids is 1. The summed E-state index contributed by atoms with van der Waals surface area (Å²) in [6.07, 6.45) is 5.41. The highest BCUT2D eigenvalue weighted by Crippen LogP contribution is 2.04. The number of rotatable bonds is 2. The average Bonchev–Trinajstić information content (AvgIpc) is 2.65. The van der Waals surface area contributed by atoms with Gasteiger partial charge in [0.1, 0.15) is 0 Å². The van der Waals surface area contributed by atoms with Crippen LogP contribution in [0.3, 0.4) is 0 Å². The van der Waals surface area contributed by atoms with Crippen molar-refractivity contribution in [2.75, 3.05) is 5.73 Å². The van der Waals surface area contributed by atoms with Gasteiger partial charge in [0.25, 0.3) is 5.95 Å². The van der Waals surface area contributed by atoms with Crippen molar-refractivity contribution in [2.45, 2.75) is 0 Å². The van der Waals surface area contributed by atoms with Crippen molar-refractivity contribution >= 4 is 11.7 Å². The summed E-state index contributed by atoms with van der Waals surface area (Å²) in [5.41, 5.74) is 5.97. The zero-order valence-electron chi connectivity index (χ0n) is 7.53. The molecule has 0 saturated carbocycles. The smallest absolute Gasteiger partial charge is 0.338 e. The molecule has 0 spiro atoms. The number of carboxylic acids is 1. The maximum Gasteiger partial charge on any atom is 0.338 e. The molecular weight excluding hydrogens is 198 g/mol. The van der Waals surface area contributed by atoms with Crippen molar-refractivity contribution in [2.24, 2.45) is 0 Å². The Morgan fingerprint density at radius 3 is 2.47 bits per heavy atom. The highest BCUT2D eigenvalue weighted by Gasteiger charge is 2.05. The first-order valence-corrected chi connectivity index (χ1v) is 4.02. The molecule has 15 heavy (non-hydrogen) atoms. The molecule has 2 aromatic rings. The number of carboxylic acid groups (broad SMARTS) is 1. The van der Waals surface area contributed by atoms with Crippen LogP contribution in [0.4, 0.5) is 5.69 Å². The molecule has 0 bridgehead atoms. The van der Waals surface area contributed by atoms with Gasteiger partial charge >= 0.3 is 5.97 Å². The zero-order chi connectivity index (χ0) is 10.8. The van der Waals surface area contributed by atoms with E-state index in [0.29, 0.717) is 5.69 Å². The van der Waals surface area contributed by atoms with Gasteiger partial charge in [-0.05, 0) is 0 Å². The van der Waals surface area contributed by atoms with Crippen LogP contribution in [0.15, 0.2) is 24.8 Å². The maximum atomic E-state index is 10.5. The lowest BCUT2D eigenvalue weighted by atomic mass is 10.4. The lowest BCUT2D eigenvalue weighted by molar-refractivity contribution is 0.0696. The lowest BCUT2D eigenvalue weighted by Crippen LogP contribution is -2.04. The molecule has 76 valence electrons. The van der Waals surface area contributed by atoms with Crippen LogP contribution in [0.2, 0.25) is 0 Å². The number of nitrogens with zero attached hydrogens (tertiary/aromatic N) is 4. The molecule has 3 N–H and O–H groups in total. The fraction of sp³-hybridized carbons (Fsp3) is 0. The molecule has 0 aromatic carbocycles. The number of anilines is 1. The van der Waals surface area contributed by atoms with E-state index in [1.54, 1.807) is 0 Å². The van der Waals surface area contributed by atoms with Crippen LogP contribution in [-0.2, 0) is 0 Å². The number of hydrogen-bond donors (Lipinski definition) is 2. The van der Waals surface area contributed by atoms with Crippen LogP contribution in [-0.4, -0.2) is 30.8 Å². The van der Waals surface area contributed by atoms with Gasteiger partial charge in [-0.2, -0.15) is 5.10 Å². The minimum absolute atomic E-state index is 0.0267. The third-order valence-corrected chi connectivity index (χ3v) is 1.69. The van der Waals surface area contributed by atoms with Gasteiger partial charge < -0.3 is 10.8 Å². The predicted octanol–water partition coefficient (Wildman–Crippen LogP) is -0.0573. The van der Waals surface area contributed by atoms with Gasteiger partial charge in [0, 0.05) is 12.4 Å². The molecule has 0 amide bonds. The summed E-state index contributed by atoms with van der Waals surface area (Å²) < 4.78 is 1.36. The van der Waals surface area contributed by atoms with Crippen molar-refractivity contribution in [3.05, 3.63) is 30.4 Å². The van der Waals surface area contributed by atoms with E-state index in [4.69, 9.17) is 10.8 Å². The Morgan fingerprint density at radius 2 is 2.00 bits per heavy atom. The number of hydrogen-bond acceptors (Lipinski definition) is 5. The van der Waals surface area contributed by atoms with Crippen molar-refractivity contribution < 1.29 is 9.90 Å². The third kappa shape index (κ3) is 1.75. The number of nitrogens with two attached hydrogens (primary N) is 1. The monoisotopic (exact) mass is 205 g/mol. The van der Waals surface area contributed by atoms with E-state index in [1.165, 1.54) is 29.5 Å². The fourth-order valence-corrected chi connectivity index (χ4v) is 0.996. The van der Waals surface area contributed by atoms with Crippen LogP contribution in [0, 0.1) is 0 Å². The molecule has 7 nitrogen and oxygen atoms in total. The second-order valence-electron chi connectivity index (χ2n) is 2.80. The summed E-state index contributed by atoms with van der Waals surface area (Å²) in [6.45, 7) is 0. The normalized spacial score (nSPS) is 10.1. The molecule has 0 aliphatic carbocycles. The van der Waals surface area contributed by atoms with Gasteiger partial charge in [0.2, 0.25) is 0 Å². The standard InChI is InChI=1S/C8H7N5O2/c9-6-3-12-13(4-6)8-10-1-5(2-11-8)7(14)15/h1-4H,9H2,(H,14,15). The minimum atomic E-state index is -1.07. The largest absolute Gasteiger partial charge is 0.478 e. The van der Waals surface area contributed by atoms with Crippen molar-refractivity contribution in [1.29, 1.82) is 0 Å². The molecule has 2 rings (SSSR count). The van der Waals surface area contributed by atoms with E-state index in [2.05, 4.69) is 15.1 Å². The van der Waals surface area contributed by atoms with Crippen molar-refractivity contribution in [3.8, 4) is 5.95 Å². The molecule has 2 aromatic heterocycles. The van der Waals surface area contributed by atoms with Gasteiger partial charge in [-0.25, -0.2) is 19.4 Å². The van der Waals surface area contributed by atoms with Crippen molar-refractivity contribution in [1.82, 2.24) is 19.7 Å². The summed E-state index contributed by atoms with van der Waals surface area (Å²) in [4.78, 5) is 18.2. The number of aromatic nitrogens is 4. The molecule has 0 fully saturated rings. The topological polar surface area (TPSA) is 107 Å². The summed E-state index contributed by atoms with van der Waals surface area (Å²) in [6, 6.07) is 0. The summed E-state index contributed by atoms with van der Waals surface area (Å²) >= 11 is 0. The Morgan fingerprint density at radius 1 is 1.33 bits per heavy atom. The molecule has 2 heterocycles. The van der Waals surface area contributed by atoms with E-state index in [9.17, 15) is 4.79 Å². The highest BCUT2D eigenvalue weighted by atomic mass is 16.4. The first kappa shape index (κ1) is 9.13. The average molecular weight is 205 g/mol. The Balaban J connectivity index is 2.35. The van der Waals surface area contributed by atoms with Gasteiger partial charge in [-0.1, -0.05) is 0 Å². The van der Waals surface area contributed by atoms with Crippen molar-refractivity contribution in [3.63, 3.8) is 0 Å². The minimum Gasteiger partial charge on any atom is -0.478 e. The van der Waals surface area contributed by atoms with E-state index >= 15 is 0 Å². The fourth-order valence-electron chi connectivity index (χ4n) is 0.996. The Labute approximate surface area is 84.2 Å².